The van der Waals surface area contributed by atoms with E-state index < -0.39 is 6.04 Å². The van der Waals surface area contributed by atoms with Crippen molar-refractivity contribution in [3.05, 3.63) is 101 Å². The molecule has 0 aromatic heterocycles. The third-order valence-electron chi connectivity index (χ3n) is 6.66. The van der Waals surface area contributed by atoms with Crippen LogP contribution < -0.4 is 10.1 Å². The second kappa shape index (κ2) is 13.2. The molecule has 7 heteroatoms. The zero-order valence-corrected chi connectivity index (χ0v) is 21.5. The largest absolute Gasteiger partial charge is 0.484 e. The summed E-state index contributed by atoms with van der Waals surface area (Å²) in [7, 11) is 0. The van der Waals surface area contributed by atoms with Crippen molar-refractivity contribution >= 4 is 23.4 Å². The summed E-state index contributed by atoms with van der Waals surface area (Å²) in [4.78, 5) is 28.9. The van der Waals surface area contributed by atoms with E-state index in [9.17, 15) is 14.0 Å². The molecule has 1 N–H and O–H groups in total. The molecule has 0 bridgehead atoms. The van der Waals surface area contributed by atoms with E-state index in [4.69, 9.17) is 16.3 Å². The Morgan fingerprint density at radius 2 is 1.59 bits per heavy atom. The predicted molar refractivity (Wildman–Crippen MR) is 143 cm³/mol. The molecule has 0 radical (unpaired) electrons. The molecule has 0 saturated heterocycles. The van der Waals surface area contributed by atoms with Gasteiger partial charge in [0.2, 0.25) is 5.91 Å². The van der Waals surface area contributed by atoms with Crippen LogP contribution in [0, 0.1) is 5.82 Å². The number of hydrogen-bond acceptors (Lipinski definition) is 3. The fourth-order valence-electron chi connectivity index (χ4n) is 4.64. The van der Waals surface area contributed by atoms with E-state index in [1.54, 1.807) is 41.3 Å². The summed E-state index contributed by atoms with van der Waals surface area (Å²) in [5.74, 6) is -0.369. The summed E-state index contributed by atoms with van der Waals surface area (Å²) in [5.41, 5.74) is 1.67. The van der Waals surface area contributed by atoms with Gasteiger partial charge in [0.15, 0.2) is 6.61 Å². The van der Waals surface area contributed by atoms with Gasteiger partial charge in [0.1, 0.15) is 17.6 Å². The van der Waals surface area contributed by atoms with Crippen molar-refractivity contribution in [3.8, 4) is 5.75 Å². The Morgan fingerprint density at radius 1 is 0.919 bits per heavy atom. The molecular weight excluding hydrogens is 491 g/mol. The number of rotatable bonds is 10. The number of carbonyl (C=O) groups is 2. The summed E-state index contributed by atoms with van der Waals surface area (Å²) in [6.45, 7) is -0.0937. The van der Waals surface area contributed by atoms with Crippen LogP contribution in [0.15, 0.2) is 78.9 Å². The molecule has 1 fully saturated rings. The van der Waals surface area contributed by atoms with E-state index >= 15 is 0 Å². The first-order valence-electron chi connectivity index (χ1n) is 12.7. The topological polar surface area (TPSA) is 58.6 Å². The van der Waals surface area contributed by atoms with Gasteiger partial charge in [-0.1, -0.05) is 73.3 Å². The van der Waals surface area contributed by atoms with Crippen LogP contribution in [0.1, 0.15) is 43.2 Å². The molecule has 3 aromatic rings. The van der Waals surface area contributed by atoms with Crippen LogP contribution in [0.3, 0.4) is 0 Å². The molecule has 194 valence electrons. The molecule has 37 heavy (non-hydrogen) atoms. The number of nitrogens with one attached hydrogen (secondary N) is 1. The molecule has 0 aliphatic heterocycles. The van der Waals surface area contributed by atoms with Gasteiger partial charge < -0.3 is 15.0 Å². The van der Waals surface area contributed by atoms with Crippen molar-refractivity contribution in [2.24, 2.45) is 0 Å². The Bertz CT molecular complexity index is 1150. The molecule has 5 nitrogen and oxygen atoms in total. The van der Waals surface area contributed by atoms with E-state index in [0.29, 0.717) is 17.2 Å². The lowest BCUT2D eigenvalue weighted by atomic mass is 9.94. The summed E-state index contributed by atoms with van der Waals surface area (Å²) < 4.78 is 19.3. The van der Waals surface area contributed by atoms with Crippen LogP contribution in [0.25, 0.3) is 0 Å². The molecule has 0 heterocycles. The summed E-state index contributed by atoms with van der Waals surface area (Å²) in [5, 5.41) is 3.77. The highest BCUT2D eigenvalue weighted by atomic mass is 35.5. The second-order valence-corrected chi connectivity index (χ2v) is 9.88. The molecule has 1 atom stereocenters. The number of halogens is 2. The van der Waals surface area contributed by atoms with Gasteiger partial charge in [0.25, 0.3) is 5.91 Å². The van der Waals surface area contributed by atoms with Crippen molar-refractivity contribution in [2.45, 2.75) is 57.2 Å². The highest BCUT2D eigenvalue weighted by Gasteiger charge is 2.32. The lowest BCUT2D eigenvalue weighted by Gasteiger charge is -2.33. The minimum absolute atomic E-state index is 0.104. The standard InChI is InChI=1S/C30H32ClFN2O3/c31-24-13-17-27(18-14-24)37-21-29(35)34(20-23-11-15-25(32)16-12-23)28(19-22-7-3-1-4-8-22)30(36)33-26-9-5-2-6-10-26/h1,3-4,7-8,11-18,26,28H,2,5-6,9-10,19-21H2,(H,33,36). The molecule has 1 unspecified atom stereocenters. The quantitative estimate of drug-likeness (QED) is 0.358. The SMILES string of the molecule is O=C(NC1CCCCC1)C(Cc1ccccc1)N(Cc1ccc(F)cc1)C(=O)COc1ccc(Cl)cc1. The molecule has 1 aliphatic rings. The van der Waals surface area contributed by atoms with Gasteiger partial charge in [-0.15, -0.1) is 0 Å². The molecule has 4 rings (SSSR count). The van der Waals surface area contributed by atoms with E-state index in [1.165, 1.54) is 18.6 Å². The summed E-state index contributed by atoms with van der Waals surface area (Å²) >= 11 is 5.96. The maximum atomic E-state index is 13.7. The number of benzene rings is 3. The maximum absolute atomic E-state index is 13.7. The minimum atomic E-state index is -0.754. The molecule has 0 spiro atoms. The normalized spacial score (nSPS) is 14.5. The van der Waals surface area contributed by atoms with E-state index in [1.807, 2.05) is 30.3 Å². The number of ether oxygens (including phenoxy) is 1. The third kappa shape index (κ3) is 8.05. The Hall–Kier alpha value is -3.38. The van der Waals surface area contributed by atoms with E-state index in [-0.39, 0.29) is 36.8 Å². The van der Waals surface area contributed by atoms with E-state index in [0.717, 1.165) is 36.8 Å². The fourth-order valence-corrected chi connectivity index (χ4v) is 4.77. The molecule has 2 amide bonds. The Morgan fingerprint density at radius 3 is 2.27 bits per heavy atom. The van der Waals surface area contributed by atoms with Crippen LogP contribution in [-0.4, -0.2) is 35.4 Å². The molecule has 1 aliphatic carbocycles. The first kappa shape index (κ1) is 26.7. The average molecular weight is 523 g/mol. The van der Waals surface area contributed by atoms with E-state index in [2.05, 4.69) is 5.32 Å². The third-order valence-corrected chi connectivity index (χ3v) is 6.92. The second-order valence-electron chi connectivity index (χ2n) is 9.44. The Kier molecular flexibility index (Phi) is 9.55. The number of hydrogen-bond donors (Lipinski definition) is 1. The molecule has 3 aromatic carbocycles. The highest BCUT2D eigenvalue weighted by Crippen LogP contribution is 2.21. The average Bonchev–Trinajstić information content (AvgIpc) is 2.92. The van der Waals surface area contributed by atoms with Gasteiger partial charge >= 0.3 is 0 Å². The fraction of sp³-hybridized carbons (Fsp3) is 0.333. The summed E-state index contributed by atoms with van der Waals surface area (Å²) in [6.07, 6.45) is 5.58. The van der Waals surface area contributed by atoms with Gasteiger partial charge in [0, 0.05) is 24.0 Å². The van der Waals surface area contributed by atoms with Crippen molar-refractivity contribution < 1.29 is 18.7 Å². The van der Waals surface area contributed by atoms with Crippen molar-refractivity contribution in [2.75, 3.05) is 6.61 Å². The monoisotopic (exact) mass is 522 g/mol. The van der Waals surface area contributed by atoms with Crippen LogP contribution in [-0.2, 0) is 22.6 Å². The Balaban J connectivity index is 1.59. The van der Waals surface area contributed by atoms with Gasteiger partial charge in [-0.25, -0.2) is 4.39 Å². The van der Waals surface area contributed by atoms with Gasteiger partial charge in [-0.05, 0) is 60.4 Å². The van der Waals surface area contributed by atoms with Crippen LogP contribution in [0.5, 0.6) is 5.75 Å². The van der Waals surface area contributed by atoms with Crippen LogP contribution in [0.4, 0.5) is 4.39 Å². The van der Waals surface area contributed by atoms with Crippen LogP contribution >= 0.6 is 11.6 Å². The lowest BCUT2D eigenvalue weighted by molar-refractivity contribution is -0.143. The zero-order valence-electron chi connectivity index (χ0n) is 20.7. The van der Waals surface area contributed by atoms with Crippen molar-refractivity contribution in [1.82, 2.24) is 10.2 Å². The number of nitrogens with zero attached hydrogens (tertiary/aromatic N) is 1. The van der Waals surface area contributed by atoms with Crippen molar-refractivity contribution in [3.63, 3.8) is 0 Å². The lowest BCUT2D eigenvalue weighted by Crippen LogP contribution is -2.53. The molecule has 1 saturated carbocycles. The van der Waals surface area contributed by atoms with Crippen molar-refractivity contribution in [1.29, 1.82) is 0 Å². The Labute approximate surface area is 222 Å². The van der Waals surface area contributed by atoms with Gasteiger partial charge in [-0.2, -0.15) is 0 Å². The maximum Gasteiger partial charge on any atom is 0.261 e. The summed E-state index contributed by atoms with van der Waals surface area (Å²) in [6, 6.07) is 21.7. The molecular formula is C30H32ClFN2O3. The van der Waals surface area contributed by atoms with Gasteiger partial charge in [0.05, 0.1) is 0 Å². The zero-order chi connectivity index (χ0) is 26.0. The smallest absolute Gasteiger partial charge is 0.261 e. The number of carbonyl (C=O) groups excluding carboxylic acids is 2. The first-order valence-corrected chi connectivity index (χ1v) is 13.1. The number of amides is 2. The highest BCUT2D eigenvalue weighted by molar-refractivity contribution is 6.30. The predicted octanol–water partition coefficient (Wildman–Crippen LogP) is 5.95. The van der Waals surface area contributed by atoms with Crippen LogP contribution in [0.2, 0.25) is 5.02 Å². The van der Waals surface area contributed by atoms with Gasteiger partial charge in [-0.3, -0.25) is 9.59 Å². The minimum Gasteiger partial charge on any atom is -0.484 e. The first-order chi connectivity index (χ1) is 18.0.